The van der Waals surface area contributed by atoms with Gasteiger partial charge in [-0.05, 0) is 137 Å². The highest BCUT2D eigenvalue weighted by Gasteiger charge is 2.35. The Kier molecular flexibility index (Phi) is 13.5. The van der Waals surface area contributed by atoms with E-state index in [1.54, 1.807) is 42.2 Å². The molecule has 2 aromatic carbocycles. The van der Waals surface area contributed by atoms with Gasteiger partial charge in [-0.1, -0.05) is 52.0 Å². The fraction of sp³-hybridized carbons (Fsp3) is 0.293. The Labute approximate surface area is 333 Å². The minimum Gasteiger partial charge on any atom is -0.485 e. The lowest BCUT2D eigenvalue weighted by molar-refractivity contribution is 0.293. The van der Waals surface area contributed by atoms with Crippen molar-refractivity contribution in [2.75, 3.05) is 0 Å². The van der Waals surface area contributed by atoms with Crippen LogP contribution in [0.15, 0.2) is 115 Å². The van der Waals surface area contributed by atoms with Crippen LogP contribution in [-0.2, 0) is 24.0 Å². The Morgan fingerprint density at radius 3 is 1.45 bits per heavy atom. The van der Waals surface area contributed by atoms with Crippen LogP contribution < -0.4 is 9.47 Å². The molecule has 7 nitrogen and oxygen atoms in total. The van der Waals surface area contributed by atoms with Crippen molar-refractivity contribution in [1.82, 2.24) is 24.9 Å². The van der Waals surface area contributed by atoms with Gasteiger partial charge in [0.05, 0.1) is 23.8 Å². The van der Waals surface area contributed by atoms with Crippen LogP contribution in [0.2, 0.25) is 0 Å². The van der Waals surface area contributed by atoms with Crippen molar-refractivity contribution < 1.29 is 9.47 Å². The van der Waals surface area contributed by atoms with Crippen LogP contribution >= 0.6 is 56.5 Å². The van der Waals surface area contributed by atoms with Crippen LogP contribution in [0.5, 0.6) is 11.5 Å². The summed E-state index contributed by atoms with van der Waals surface area (Å²) in [6.07, 6.45) is 8.81. The minimum atomic E-state index is -0.161. The Hall–Kier alpha value is -3.49. The van der Waals surface area contributed by atoms with Gasteiger partial charge in [-0.2, -0.15) is 0 Å². The van der Waals surface area contributed by atoms with Gasteiger partial charge in [0, 0.05) is 41.9 Å². The fourth-order valence-electron chi connectivity index (χ4n) is 5.71. The Morgan fingerprint density at radius 1 is 0.588 bits per heavy atom. The van der Waals surface area contributed by atoms with Crippen molar-refractivity contribution in [1.29, 1.82) is 0 Å². The maximum absolute atomic E-state index is 5.78. The third-order valence-corrected chi connectivity index (χ3v) is 11.8. The molecule has 0 saturated heterocycles. The molecule has 6 rings (SSSR count). The number of hydrogen-bond acceptors (Lipinski definition) is 8. The van der Waals surface area contributed by atoms with Crippen molar-refractivity contribution in [2.24, 2.45) is 11.8 Å². The van der Waals surface area contributed by atoms with Crippen LogP contribution in [-0.4, -0.2) is 24.9 Å². The van der Waals surface area contributed by atoms with E-state index in [9.17, 15) is 0 Å². The smallest absolute Gasteiger partial charge is 0.166 e. The summed E-state index contributed by atoms with van der Waals surface area (Å²) in [5.41, 5.74) is 4.35. The molecule has 0 fully saturated rings. The van der Waals surface area contributed by atoms with Crippen molar-refractivity contribution in [3.63, 3.8) is 0 Å². The summed E-state index contributed by atoms with van der Waals surface area (Å²) in [5.74, 6) is 2.96. The highest BCUT2D eigenvalue weighted by molar-refractivity contribution is 14.1. The van der Waals surface area contributed by atoms with Gasteiger partial charge in [0.1, 0.15) is 29.7 Å². The van der Waals surface area contributed by atoms with Gasteiger partial charge >= 0.3 is 0 Å². The molecule has 2 unspecified atom stereocenters. The highest BCUT2D eigenvalue weighted by Crippen LogP contribution is 2.39. The zero-order chi connectivity index (χ0) is 36.4. The number of pyridine rings is 2. The van der Waals surface area contributed by atoms with Gasteiger partial charge in [-0.25, -0.2) is 15.0 Å². The number of nitrogens with zero attached hydrogens (tertiary/aromatic N) is 5. The van der Waals surface area contributed by atoms with Gasteiger partial charge in [-0.15, -0.1) is 11.3 Å². The molecule has 0 aliphatic heterocycles. The minimum absolute atomic E-state index is 0.141. The van der Waals surface area contributed by atoms with Crippen LogP contribution in [0.25, 0.3) is 0 Å². The van der Waals surface area contributed by atoms with E-state index >= 15 is 0 Å². The summed E-state index contributed by atoms with van der Waals surface area (Å²) < 4.78 is 14.0. The van der Waals surface area contributed by atoms with Crippen molar-refractivity contribution >= 4 is 56.5 Å². The molecule has 0 bridgehead atoms. The van der Waals surface area contributed by atoms with E-state index in [1.807, 2.05) is 23.7 Å². The lowest BCUT2D eigenvalue weighted by atomic mass is 9.71. The number of thiazole rings is 1. The molecule has 4 aromatic heterocycles. The Morgan fingerprint density at radius 2 is 1.06 bits per heavy atom. The van der Waals surface area contributed by atoms with E-state index < -0.39 is 0 Å². The summed E-state index contributed by atoms with van der Waals surface area (Å²) in [6.45, 7) is 14.3. The molecule has 0 radical (unpaired) electrons. The number of halogens is 2. The standard InChI is InChI=1S/C21H22IN3O.C20H21IN2OS/c1-15(2)21(3,16-5-7-17(22)8-6-16)19-10-9-18(13-25-19)26-14-20-23-11-4-12-24-20;1-14(2)20(3,15-4-6-16(21)7-5-15)18-9-8-17(12-23-18)24-13-19-22-10-11-25-19/h4-13,15H,14H2,1-3H3;4-12,14H,13H2,1-3H3. The number of aromatic nitrogens is 5. The van der Waals surface area contributed by atoms with Gasteiger partial charge in [0.15, 0.2) is 5.82 Å². The molecule has 0 spiro atoms. The predicted octanol–water partition coefficient (Wildman–Crippen LogP) is 10.7. The summed E-state index contributed by atoms with van der Waals surface area (Å²) in [6, 6.07) is 27.3. The van der Waals surface area contributed by atoms with Gasteiger partial charge < -0.3 is 9.47 Å². The largest absolute Gasteiger partial charge is 0.485 e. The van der Waals surface area contributed by atoms with E-state index in [0.29, 0.717) is 30.9 Å². The fourth-order valence-corrected chi connectivity index (χ4v) is 6.96. The number of hydrogen-bond donors (Lipinski definition) is 0. The highest BCUT2D eigenvalue weighted by atomic mass is 127. The number of rotatable bonds is 12. The average molecular weight is 924 g/mol. The molecule has 6 aromatic rings. The van der Waals surface area contributed by atoms with Crippen LogP contribution in [0.1, 0.15) is 74.9 Å². The molecular formula is C41H43I2N5O2S. The second-order valence-electron chi connectivity index (χ2n) is 13.2. The van der Waals surface area contributed by atoms with E-state index in [2.05, 4.69) is 162 Å². The zero-order valence-electron chi connectivity index (χ0n) is 29.8. The average Bonchev–Trinajstić information content (AvgIpc) is 3.68. The van der Waals surface area contributed by atoms with Crippen molar-refractivity contribution in [3.05, 3.63) is 156 Å². The van der Waals surface area contributed by atoms with Gasteiger partial charge in [0.25, 0.3) is 0 Å². The molecule has 2 atom stereocenters. The molecule has 51 heavy (non-hydrogen) atoms. The van der Waals surface area contributed by atoms with Crippen LogP contribution in [0.4, 0.5) is 0 Å². The first-order chi connectivity index (χ1) is 24.5. The molecule has 4 heterocycles. The maximum atomic E-state index is 5.78. The normalized spacial score (nSPS) is 13.5. The monoisotopic (exact) mass is 923 g/mol. The molecule has 0 saturated carbocycles. The first-order valence-electron chi connectivity index (χ1n) is 16.8. The first-order valence-corrected chi connectivity index (χ1v) is 19.9. The molecule has 264 valence electrons. The third kappa shape index (κ3) is 9.69. The van der Waals surface area contributed by atoms with E-state index in [4.69, 9.17) is 19.4 Å². The molecule has 10 heteroatoms. The maximum Gasteiger partial charge on any atom is 0.166 e. The lowest BCUT2D eigenvalue weighted by Gasteiger charge is -2.34. The van der Waals surface area contributed by atoms with Gasteiger partial charge in [0.2, 0.25) is 0 Å². The van der Waals surface area contributed by atoms with E-state index in [-0.39, 0.29) is 10.8 Å². The molecule has 0 aliphatic carbocycles. The second kappa shape index (κ2) is 17.8. The third-order valence-electron chi connectivity index (χ3n) is 9.57. The SMILES string of the molecule is CC(C)C(C)(c1ccc(I)cc1)c1ccc(OCc2ncccn2)cn1.CC(C)C(C)(c1ccc(I)cc1)c1ccc(OCc2nccs2)cn1. The summed E-state index contributed by atoms with van der Waals surface area (Å²) >= 11 is 6.27. The van der Waals surface area contributed by atoms with Crippen molar-refractivity contribution in [2.45, 2.75) is 65.6 Å². The molecular weight excluding hydrogens is 880 g/mol. The second-order valence-corrected chi connectivity index (χ2v) is 16.6. The zero-order valence-corrected chi connectivity index (χ0v) is 34.9. The lowest BCUT2D eigenvalue weighted by Crippen LogP contribution is -2.31. The molecule has 0 amide bonds. The summed E-state index contributed by atoms with van der Waals surface area (Å²) in [7, 11) is 0. The summed E-state index contributed by atoms with van der Waals surface area (Å²) in [5, 5.41) is 2.92. The predicted molar refractivity (Wildman–Crippen MR) is 222 cm³/mol. The van der Waals surface area contributed by atoms with E-state index in [1.165, 1.54) is 18.3 Å². The molecule has 0 aliphatic rings. The number of benzene rings is 2. The number of ether oxygens (including phenoxy) is 2. The van der Waals surface area contributed by atoms with Crippen molar-refractivity contribution in [3.8, 4) is 11.5 Å². The summed E-state index contributed by atoms with van der Waals surface area (Å²) in [4.78, 5) is 22.0. The topological polar surface area (TPSA) is 82.9 Å². The quantitative estimate of drug-likeness (QED) is 0.113. The first kappa shape index (κ1) is 38.7. The van der Waals surface area contributed by atoms with Crippen LogP contribution in [0.3, 0.4) is 0 Å². The Balaban J connectivity index is 0.000000198. The van der Waals surface area contributed by atoms with Crippen LogP contribution in [0, 0.1) is 19.0 Å². The Bertz CT molecular complexity index is 1920. The van der Waals surface area contributed by atoms with E-state index in [0.717, 1.165) is 27.9 Å². The molecule has 0 N–H and O–H groups in total. The van der Waals surface area contributed by atoms with Gasteiger partial charge in [-0.3, -0.25) is 9.97 Å².